The molecule has 2 amide bonds. The molecule has 198 valence electrons. The van der Waals surface area contributed by atoms with Crippen LogP contribution in [-0.4, -0.2) is 31.6 Å². The van der Waals surface area contributed by atoms with Crippen molar-refractivity contribution in [2.24, 2.45) is 0 Å². The second kappa shape index (κ2) is 17.4. The zero-order chi connectivity index (χ0) is 26.0. The average molecular weight is 497 g/mol. The predicted molar refractivity (Wildman–Crippen MR) is 147 cm³/mol. The number of unbranched alkanes of at least 4 members (excludes halogenated alkanes) is 8. The lowest BCUT2D eigenvalue weighted by molar-refractivity contribution is 0.0951. The van der Waals surface area contributed by atoms with Crippen molar-refractivity contribution in [3.63, 3.8) is 0 Å². The molecule has 0 bridgehead atoms. The number of rotatable bonds is 18. The van der Waals surface area contributed by atoms with Crippen LogP contribution in [0.25, 0.3) is 0 Å². The molecule has 6 nitrogen and oxygen atoms in total. The fraction of sp³-hybridized carbons (Fsp3) is 0.533. The van der Waals surface area contributed by atoms with Crippen molar-refractivity contribution in [1.29, 1.82) is 0 Å². The zero-order valence-electron chi connectivity index (χ0n) is 22.4. The molecule has 0 aromatic heterocycles. The van der Waals surface area contributed by atoms with Gasteiger partial charge < -0.3 is 20.1 Å². The second-order valence-electron chi connectivity index (χ2n) is 9.06. The first kappa shape index (κ1) is 29.2. The van der Waals surface area contributed by atoms with Gasteiger partial charge in [-0.3, -0.25) is 9.59 Å². The molecule has 2 aromatic carbocycles. The topological polar surface area (TPSA) is 76.7 Å². The Morgan fingerprint density at radius 1 is 0.694 bits per heavy atom. The summed E-state index contributed by atoms with van der Waals surface area (Å²) in [7, 11) is 0. The van der Waals surface area contributed by atoms with Crippen LogP contribution in [0.1, 0.15) is 106 Å². The van der Waals surface area contributed by atoms with Gasteiger partial charge in [0, 0.05) is 17.7 Å². The molecule has 0 atom stereocenters. The van der Waals surface area contributed by atoms with E-state index in [4.69, 9.17) is 9.47 Å². The molecule has 0 aliphatic heterocycles. The smallest absolute Gasteiger partial charge is 0.255 e. The fourth-order valence-electron chi connectivity index (χ4n) is 3.85. The standard InChI is InChI=1S/C30H44N2O4/c1-4-7-9-10-11-12-13-14-22-36-26-18-15-24(16-19-26)30(34)32-27-23-25(17-20-28(27)35-6-3)29(33)31-21-8-5-2/h15-20,23H,4-14,21-22H2,1-3H3,(H,31,33)(H,32,34). The molecular weight excluding hydrogens is 452 g/mol. The molecule has 6 heteroatoms. The Labute approximate surface area is 217 Å². The lowest BCUT2D eigenvalue weighted by Crippen LogP contribution is -2.24. The molecule has 2 rings (SSSR count). The normalized spacial score (nSPS) is 10.6. The Kier molecular flexibility index (Phi) is 14.1. The highest BCUT2D eigenvalue weighted by Crippen LogP contribution is 2.27. The molecule has 2 N–H and O–H groups in total. The molecule has 0 fully saturated rings. The van der Waals surface area contributed by atoms with Crippen molar-refractivity contribution in [2.75, 3.05) is 25.1 Å². The number of nitrogens with one attached hydrogen (secondary N) is 2. The summed E-state index contributed by atoms with van der Waals surface area (Å²) in [6, 6.07) is 12.2. The highest BCUT2D eigenvalue weighted by molar-refractivity contribution is 6.06. The van der Waals surface area contributed by atoms with Crippen LogP contribution in [0, 0.1) is 0 Å². The van der Waals surface area contributed by atoms with E-state index in [1.54, 1.807) is 30.3 Å². The first-order valence-corrected chi connectivity index (χ1v) is 13.7. The first-order valence-electron chi connectivity index (χ1n) is 13.7. The second-order valence-corrected chi connectivity index (χ2v) is 9.06. The predicted octanol–water partition coefficient (Wildman–Crippen LogP) is 7.39. The quantitative estimate of drug-likeness (QED) is 0.211. The van der Waals surface area contributed by atoms with Crippen LogP contribution >= 0.6 is 0 Å². The van der Waals surface area contributed by atoms with Gasteiger partial charge in [0.05, 0.1) is 18.9 Å². The lowest BCUT2D eigenvalue weighted by atomic mass is 10.1. The van der Waals surface area contributed by atoms with Gasteiger partial charge in [0.15, 0.2) is 0 Å². The van der Waals surface area contributed by atoms with Gasteiger partial charge in [0.25, 0.3) is 11.8 Å². The Hall–Kier alpha value is -3.02. The molecule has 0 aliphatic carbocycles. The molecule has 0 radical (unpaired) electrons. The van der Waals surface area contributed by atoms with Crippen molar-refractivity contribution < 1.29 is 19.1 Å². The van der Waals surface area contributed by atoms with Gasteiger partial charge >= 0.3 is 0 Å². The minimum absolute atomic E-state index is 0.167. The number of hydrogen-bond donors (Lipinski definition) is 2. The third-order valence-electron chi connectivity index (χ3n) is 5.99. The van der Waals surface area contributed by atoms with Gasteiger partial charge in [-0.25, -0.2) is 0 Å². The zero-order valence-corrected chi connectivity index (χ0v) is 22.4. The molecular formula is C30H44N2O4. The van der Waals surface area contributed by atoms with E-state index in [0.717, 1.165) is 25.0 Å². The molecule has 0 saturated heterocycles. The van der Waals surface area contributed by atoms with Crippen molar-refractivity contribution >= 4 is 17.5 Å². The van der Waals surface area contributed by atoms with Crippen molar-refractivity contribution in [3.05, 3.63) is 53.6 Å². The SMILES string of the molecule is CCCCCCCCCCOc1ccc(C(=O)Nc2cc(C(=O)NCCCC)ccc2OCC)cc1. The maximum absolute atomic E-state index is 12.9. The van der Waals surface area contributed by atoms with E-state index >= 15 is 0 Å². The van der Waals surface area contributed by atoms with Crippen LogP contribution in [0.2, 0.25) is 0 Å². The Balaban J connectivity index is 1.87. The summed E-state index contributed by atoms with van der Waals surface area (Å²) >= 11 is 0. The Bertz CT molecular complexity index is 912. The first-order chi connectivity index (χ1) is 17.6. The van der Waals surface area contributed by atoms with E-state index in [2.05, 4.69) is 24.5 Å². The van der Waals surface area contributed by atoms with Crippen molar-refractivity contribution in [2.45, 2.75) is 85.0 Å². The summed E-state index contributed by atoms with van der Waals surface area (Å²) in [4.78, 5) is 25.3. The number of carbonyl (C=O) groups is 2. The molecule has 0 spiro atoms. The van der Waals surface area contributed by atoms with E-state index in [9.17, 15) is 9.59 Å². The average Bonchev–Trinajstić information content (AvgIpc) is 2.89. The van der Waals surface area contributed by atoms with E-state index in [1.807, 2.05) is 19.1 Å². The Morgan fingerprint density at radius 3 is 2.00 bits per heavy atom. The van der Waals surface area contributed by atoms with Crippen LogP contribution in [0.5, 0.6) is 11.5 Å². The molecule has 0 unspecified atom stereocenters. The van der Waals surface area contributed by atoms with E-state index < -0.39 is 0 Å². The number of benzene rings is 2. The fourth-order valence-corrected chi connectivity index (χ4v) is 3.85. The largest absolute Gasteiger partial charge is 0.494 e. The summed E-state index contributed by atoms with van der Waals surface area (Å²) in [6.07, 6.45) is 12.0. The summed E-state index contributed by atoms with van der Waals surface area (Å²) in [6.45, 7) is 7.96. The third-order valence-corrected chi connectivity index (χ3v) is 5.99. The van der Waals surface area contributed by atoms with Crippen LogP contribution in [0.4, 0.5) is 5.69 Å². The minimum atomic E-state index is -0.269. The van der Waals surface area contributed by atoms with E-state index in [-0.39, 0.29) is 11.8 Å². The monoisotopic (exact) mass is 496 g/mol. The number of carbonyl (C=O) groups excluding carboxylic acids is 2. The van der Waals surface area contributed by atoms with Crippen LogP contribution in [0.3, 0.4) is 0 Å². The van der Waals surface area contributed by atoms with Gasteiger partial charge in [-0.05, 0) is 62.2 Å². The summed E-state index contributed by atoms with van der Waals surface area (Å²) in [5.41, 5.74) is 1.46. The number of ether oxygens (including phenoxy) is 2. The third kappa shape index (κ3) is 10.7. The van der Waals surface area contributed by atoms with Crippen LogP contribution < -0.4 is 20.1 Å². The van der Waals surface area contributed by atoms with E-state index in [0.29, 0.717) is 42.3 Å². The minimum Gasteiger partial charge on any atom is -0.494 e. The molecule has 0 aliphatic rings. The molecule has 0 heterocycles. The summed E-state index contributed by atoms with van der Waals surface area (Å²) in [5.74, 6) is 0.852. The molecule has 0 saturated carbocycles. The maximum Gasteiger partial charge on any atom is 0.255 e. The van der Waals surface area contributed by atoms with Gasteiger partial charge in [-0.15, -0.1) is 0 Å². The lowest BCUT2D eigenvalue weighted by Gasteiger charge is -2.14. The van der Waals surface area contributed by atoms with Gasteiger partial charge in [0.2, 0.25) is 0 Å². The van der Waals surface area contributed by atoms with Crippen LogP contribution in [0.15, 0.2) is 42.5 Å². The highest BCUT2D eigenvalue weighted by Gasteiger charge is 2.14. The number of anilines is 1. The van der Waals surface area contributed by atoms with Crippen molar-refractivity contribution in [3.8, 4) is 11.5 Å². The molecule has 36 heavy (non-hydrogen) atoms. The summed E-state index contributed by atoms with van der Waals surface area (Å²) in [5, 5.41) is 5.79. The van der Waals surface area contributed by atoms with Crippen LogP contribution in [-0.2, 0) is 0 Å². The van der Waals surface area contributed by atoms with Crippen molar-refractivity contribution in [1.82, 2.24) is 5.32 Å². The highest BCUT2D eigenvalue weighted by atomic mass is 16.5. The van der Waals surface area contributed by atoms with E-state index in [1.165, 1.54) is 44.9 Å². The Morgan fingerprint density at radius 2 is 1.33 bits per heavy atom. The maximum atomic E-state index is 12.9. The van der Waals surface area contributed by atoms with Gasteiger partial charge in [-0.1, -0.05) is 65.2 Å². The number of amides is 2. The number of hydrogen-bond acceptors (Lipinski definition) is 4. The van der Waals surface area contributed by atoms with Gasteiger partial charge in [-0.2, -0.15) is 0 Å². The summed E-state index contributed by atoms with van der Waals surface area (Å²) < 4.78 is 11.5. The molecule has 2 aromatic rings. The van der Waals surface area contributed by atoms with Gasteiger partial charge in [0.1, 0.15) is 11.5 Å².